The lowest BCUT2D eigenvalue weighted by molar-refractivity contribution is -0.134. The number of aromatic nitrogens is 4. The van der Waals surface area contributed by atoms with Crippen molar-refractivity contribution in [2.24, 2.45) is 0 Å². The summed E-state index contributed by atoms with van der Waals surface area (Å²) in [5, 5.41) is 12.0. The maximum absolute atomic E-state index is 13.2. The molecule has 1 saturated heterocycles. The normalized spacial score (nSPS) is 23.5. The summed E-state index contributed by atoms with van der Waals surface area (Å²) in [6.07, 6.45) is 9.50. The standard InChI is InChI=1S/C20H23N5O/c26-19(16-6-3-4-12-25-18(16)21-22-23-25)24-13-10-20(11-14-24)9-8-15-5-1-2-7-17(15)20/h1-2,5,7-9,16H,3-4,6,10-14H2/t16-/m0/s1. The zero-order chi connectivity index (χ0) is 17.6. The summed E-state index contributed by atoms with van der Waals surface area (Å²) in [6.45, 7) is 2.42. The van der Waals surface area contributed by atoms with E-state index in [1.54, 1.807) is 0 Å². The van der Waals surface area contributed by atoms with Gasteiger partial charge < -0.3 is 4.90 Å². The Morgan fingerprint density at radius 1 is 1.12 bits per heavy atom. The number of rotatable bonds is 1. The Bertz CT molecular complexity index is 863. The van der Waals surface area contributed by atoms with Crippen LogP contribution in [0.5, 0.6) is 0 Å². The molecule has 1 atom stereocenters. The highest BCUT2D eigenvalue weighted by Gasteiger charge is 2.40. The summed E-state index contributed by atoms with van der Waals surface area (Å²) in [7, 11) is 0. The van der Waals surface area contributed by atoms with Crippen LogP contribution in [0.1, 0.15) is 55.0 Å². The number of amides is 1. The molecule has 6 nitrogen and oxygen atoms in total. The molecule has 0 unspecified atom stereocenters. The first-order valence-corrected chi connectivity index (χ1v) is 9.60. The van der Waals surface area contributed by atoms with Gasteiger partial charge in [0.2, 0.25) is 5.91 Å². The van der Waals surface area contributed by atoms with Gasteiger partial charge in [0.05, 0.1) is 5.92 Å². The average molecular weight is 349 g/mol. The number of likely N-dealkylation sites (tertiary alicyclic amines) is 1. The predicted molar refractivity (Wildman–Crippen MR) is 97.4 cm³/mol. The van der Waals surface area contributed by atoms with Crippen molar-refractivity contribution in [3.05, 3.63) is 47.3 Å². The number of hydrogen-bond donors (Lipinski definition) is 0. The molecule has 1 fully saturated rings. The van der Waals surface area contributed by atoms with Crippen molar-refractivity contribution >= 4 is 12.0 Å². The molecule has 134 valence electrons. The van der Waals surface area contributed by atoms with E-state index >= 15 is 0 Å². The summed E-state index contributed by atoms with van der Waals surface area (Å²) in [5.74, 6) is 0.764. The van der Waals surface area contributed by atoms with Gasteiger partial charge in [-0.15, -0.1) is 5.10 Å². The van der Waals surface area contributed by atoms with Crippen LogP contribution in [-0.2, 0) is 16.8 Å². The van der Waals surface area contributed by atoms with E-state index in [-0.39, 0.29) is 17.2 Å². The predicted octanol–water partition coefficient (Wildman–Crippen LogP) is 2.53. The van der Waals surface area contributed by atoms with E-state index in [1.165, 1.54) is 11.1 Å². The third kappa shape index (κ3) is 2.39. The summed E-state index contributed by atoms with van der Waals surface area (Å²) in [6, 6.07) is 8.64. The lowest BCUT2D eigenvalue weighted by Crippen LogP contribution is -2.45. The third-order valence-electron chi connectivity index (χ3n) is 6.33. The summed E-state index contributed by atoms with van der Waals surface area (Å²) in [4.78, 5) is 15.3. The molecule has 1 spiro atoms. The molecule has 2 aromatic rings. The maximum Gasteiger partial charge on any atom is 0.233 e. The largest absolute Gasteiger partial charge is 0.342 e. The zero-order valence-electron chi connectivity index (χ0n) is 14.8. The molecule has 3 heterocycles. The van der Waals surface area contributed by atoms with E-state index in [2.05, 4.69) is 51.9 Å². The Morgan fingerprint density at radius 2 is 1.96 bits per heavy atom. The molecule has 0 N–H and O–H groups in total. The van der Waals surface area contributed by atoms with E-state index in [1.807, 2.05) is 9.58 Å². The van der Waals surface area contributed by atoms with E-state index in [0.717, 1.165) is 57.6 Å². The molecule has 0 bridgehead atoms. The molecule has 0 saturated carbocycles. The highest BCUT2D eigenvalue weighted by molar-refractivity contribution is 5.83. The van der Waals surface area contributed by atoms with Crippen LogP contribution in [-0.4, -0.2) is 44.1 Å². The Balaban J connectivity index is 1.34. The van der Waals surface area contributed by atoms with Gasteiger partial charge in [-0.25, -0.2) is 4.68 Å². The van der Waals surface area contributed by atoms with Crippen molar-refractivity contribution in [2.75, 3.05) is 13.1 Å². The number of allylic oxidation sites excluding steroid dienone is 1. The number of carbonyl (C=O) groups is 1. The fourth-order valence-corrected chi connectivity index (χ4v) is 4.81. The molecular formula is C20H23N5O. The fourth-order valence-electron chi connectivity index (χ4n) is 4.81. The highest BCUT2D eigenvalue weighted by Crippen LogP contribution is 2.44. The maximum atomic E-state index is 13.2. The van der Waals surface area contributed by atoms with Crippen molar-refractivity contribution in [2.45, 2.75) is 50.0 Å². The number of tetrazole rings is 1. The van der Waals surface area contributed by atoms with Crippen LogP contribution in [0, 0.1) is 0 Å². The highest BCUT2D eigenvalue weighted by atomic mass is 16.2. The molecule has 6 heteroatoms. The summed E-state index contributed by atoms with van der Waals surface area (Å²) >= 11 is 0. The summed E-state index contributed by atoms with van der Waals surface area (Å²) < 4.78 is 1.82. The molecule has 2 aliphatic heterocycles. The van der Waals surface area contributed by atoms with Gasteiger partial charge in [-0.2, -0.15) is 0 Å². The lowest BCUT2D eigenvalue weighted by atomic mass is 9.74. The molecular weight excluding hydrogens is 326 g/mol. The Morgan fingerprint density at radius 3 is 2.85 bits per heavy atom. The van der Waals surface area contributed by atoms with Gasteiger partial charge >= 0.3 is 0 Å². The molecule has 1 aromatic carbocycles. The molecule has 1 aromatic heterocycles. The number of fused-ring (bicyclic) bond motifs is 3. The minimum atomic E-state index is -0.187. The number of nitrogens with zero attached hydrogens (tertiary/aromatic N) is 5. The molecule has 3 aliphatic rings. The minimum absolute atomic E-state index is 0.110. The molecule has 1 aliphatic carbocycles. The second-order valence-corrected chi connectivity index (χ2v) is 7.71. The second kappa shape index (κ2) is 6.04. The topological polar surface area (TPSA) is 63.9 Å². The second-order valence-electron chi connectivity index (χ2n) is 7.71. The van der Waals surface area contributed by atoms with Crippen LogP contribution in [0.15, 0.2) is 30.3 Å². The number of piperidine rings is 1. The van der Waals surface area contributed by atoms with Gasteiger partial charge in [0, 0.05) is 25.0 Å². The van der Waals surface area contributed by atoms with E-state index < -0.39 is 0 Å². The molecule has 1 amide bonds. The molecule has 26 heavy (non-hydrogen) atoms. The number of hydrogen-bond acceptors (Lipinski definition) is 4. The quantitative estimate of drug-likeness (QED) is 0.794. The zero-order valence-corrected chi connectivity index (χ0v) is 14.8. The van der Waals surface area contributed by atoms with Crippen LogP contribution >= 0.6 is 0 Å². The Kier molecular flexibility index (Phi) is 3.65. The van der Waals surface area contributed by atoms with E-state index in [9.17, 15) is 4.79 Å². The van der Waals surface area contributed by atoms with Crippen LogP contribution in [0.25, 0.3) is 6.08 Å². The average Bonchev–Trinajstić information content (AvgIpc) is 3.23. The van der Waals surface area contributed by atoms with Crippen molar-refractivity contribution < 1.29 is 4.79 Å². The van der Waals surface area contributed by atoms with Crippen molar-refractivity contribution in [1.82, 2.24) is 25.1 Å². The van der Waals surface area contributed by atoms with Crippen LogP contribution < -0.4 is 0 Å². The Hall–Kier alpha value is -2.50. The third-order valence-corrected chi connectivity index (χ3v) is 6.33. The van der Waals surface area contributed by atoms with E-state index in [4.69, 9.17) is 0 Å². The van der Waals surface area contributed by atoms with Gasteiger partial charge in [0.25, 0.3) is 0 Å². The van der Waals surface area contributed by atoms with Gasteiger partial charge in [-0.05, 0) is 47.2 Å². The van der Waals surface area contributed by atoms with Gasteiger partial charge in [0.1, 0.15) is 0 Å². The monoisotopic (exact) mass is 349 g/mol. The Labute approximate surface area is 152 Å². The van der Waals surface area contributed by atoms with Crippen LogP contribution in [0.2, 0.25) is 0 Å². The van der Waals surface area contributed by atoms with Crippen molar-refractivity contribution in [3.63, 3.8) is 0 Å². The first kappa shape index (κ1) is 15.7. The van der Waals surface area contributed by atoms with Gasteiger partial charge in [-0.1, -0.05) is 42.8 Å². The van der Waals surface area contributed by atoms with Crippen LogP contribution in [0.4, 0.5) is 0 Å². The van der Waals surface area contributed by atoms with Crippen LogP contribution in [0.3, 0.4) is 0 Å². The minimum Gasteiger partial charge on any atom is -0.342 e. The van der Waals surface area contributed by atoms with Gasteiger partial charge in [-0.3, -0.25) is 4.79 Å². The van der Waals surface area contributed by atoms with Crippen molar-refractivity contribution in [1.29, 1.82) is 0 Å². The number of benzene rings is 1. The lowest BCUT2D eigenvalue weighted by Gasteiger charge is -2.40. The molecule has 5 rings (SSSR count). The first-order chi connectivity index (χ1) is 12.8. The van der Waals surface area contributed by atoms with Crippen molar-refractivity contribution in [3.8, 4) is 0 Å². The molecule has 0 radical (unpaired) electrons. The number of aryl methyl sites for hydroxylation is 1. The first-order valence-electron chi connectivity index (χ1n) is 9.60. The van der Waals surface area contributed by atoms with Gasteiger partial charge in [0.15, 0.2) is 5.82 Å². The number of carbonyl (C=O) groups excluding carboxylic acids is 1. The van der Waals surface area contributed by atoms with E-state index in [0.29, 0.717) is 0 Å². The fraction of sp³-hybridized carbons (Fsp3) is 0.500. The SMILES string of the molecule is O=C([C@H]1CCCCn2nnnc21)N1CCC2(C=Cc3ccccc32)CC1. The smallest absolute Gasteiger partial charge is 0.233 e. The summed E-state index contributed by atoms with van der Waals surface area (Å²) in [5.41, 5.74) is 2.86.